The van der Waals surface area contributed by atoms with Crippen LogP contribution >= 0.6 is 0 Å². The first-order valence-electron chi connectivity index (χ1n) is 11.6. The lowest BCUT2D eigenvalue weighted by Crippen LogP contribution is -2.25. The minimum absolute atomic E-state index is 0.214. The quantitative estimate of drug-likeness (QED) is 0.498. The van der Waals surface area contributed by atoms with Gasteiger partial charge < -0.3 is 14.2 Å². The summed E-state index contributed by atoms with van der Waals surface area (Å²) in [6.07, 6.45) is 2.63. The van der Waals surface area contributed by atoms with Crippen molar-refractivity contribution in [2.45, 2.75) is 24.7 Å². The van der Waals surface area contributed by atoms with Gasteiger partial charge in [0.15, 0.2) is 0 Å². The van der Waals surface area contributed by atoms with Crippen molar-refractivity contribution < 1.29 is 14.2 Å². The van der Waals surface area contributed by atoms with Crippen molar-refractivity contribution in [1.29, 1.82) is 0 Å². The highest BCUT2D eigenvalue weighted by Crippen LogP contribution is 2.47. The summed E-state index contributed by atoms with van der Waals surface area (Å²) >= 11 is 0. The molecule has 2 aliphatic heterocycles. The molecule has 0 unspecified atom stereocenters. The number of benzene rings is 3. The Bertz CT molecular complexity index is 1010. The molecule has 0 bridgehead atoms. The van der Waals surface area contributed by atoms with Gasteiger partial charge in [0.1, 0.15) is 23.9 Å². The molecule has 0 N–H and O–H groups in total. The van der Waals surface area contributed by atoms with Crippen molar-refractivity contribution >= 4 is 0 Å². The molecule has 3 aromatic carbocycles. The second-order valence-electron chi connectivity index (χ2n) is 8.68. The third-order valence-electron chi connectivity index (χ3n) is 6.72. The molecule has 0 aliphatic carbocycles. The number of hydrogen-bond donors (Lipinski definition) is 0. The second-order valence-corrected chi connectivity index (χ2v) is 8.68. The van der Waals surface area contributed by atoms with E-state index in [0.717, 1.165) is 30.4 Å². The van der Waals surface area contributed by atoms with Crippen LogP contribution in [0.15, 0.2) is 72.8 Å². The van der Waals surface area contributed by atoms with Crippen molar-refractivity contribution in [2.24, 2.45) is 0 Å². The van der Waals surface area contributed by atoms with E-state index in [0.29, 0.717) is 6.61 Å². The van der Waals surface area contributed by atoms with E-state index in [1.54, 1.807) is 7.11 Å². The standard InChI is InChI=1S/C28H31NO3/c1-30-24-13-14-25-27(19-24)32-20-26(21-7-3-2-4-8-21)28(25)22-9-11-23(12-10-22)31-18-17-29-15-5-6-16-29/h2-4,7-14,19,26,28H,5-6,15-18,20H2,1H3/t26-,28-/m0/s1. The molecule has 3 aromatic rings. The van der Waals surface area contributed by atoms with Crippen LogP contribution in [0.25, 0.3) is 0 Å². The fraction of sp³-hybridized carbons (Fsp3) is 0.357. The van der Waals surface area contributed by atoms with Crippen molar-refractivity contribution in [3.8, 4) is 17.2 Å². The first kappa shape index (κ1) is 20.9. The summed E-state index contributed by atoms with van der Waals surface area (Å²) in [7, 11) is 1.69. The van der Waals surface area contributed by atoms with Crippen LogP contribution < -0.4 is 14.2 Å². The predicted molar refractivity (Wildman–Crippen MR) is 127 cm³/mol. The Balaban J connectivity index is 1.39. The third-order valence-corrected chi connectivity index (χ3v) is 6.72. The summed E-state index contributed by atoms with van der Waals surface area (Å²) < 4.78 is 17.7. The molecule has 0 spiro atoms. The molecule has 1 fully saturated rings. The van der Waals surface area contributed by atoms with Crippen LogP contribution in [0, 0.1) is 0 Å². The molecular formula is C28H31NO3. The highest BCUT2D eigenvalue weighted by molar-refractivity contribution is 5.51. The van der Waals surface area contributed by atoms with Gasteiger partial charge in [-0.25, -0.2) is 0 Å². The van der Waals surface area contributed by atoms with Gasteiger partial charge in [-0.05, 0) is 55.3 Å². The third kappa shape index (κ3) is 4.46. The molecule has 0 saturated carbocycles. The number of rotatable bonds is 7. The molecule has 2 heterocycles. The first-order chi connectivity index (χ1) is 15.8. The number of ether oxygens (including phenoxy) is 3. The zero-order valence-electron chi connectivity index (χ0n) is 18.7. The van der Waals surface area contributed by atoms with E-state index < -0.39 is 0 Å². The molecular weight excluding hydrogens is 398 g/mol. The van der Waals surface area contributed by atoms with Gasteiger partial charge in [-0.2, -0.15) is 0 Å². The summed E-state index contributed by atoms with van der Waals surface area (Å²) in [4.78, 5) is 2.48. The number of methoxy groups -OCH3 is 1. The smallest absolute Gasteiger partial charge is 0.126 e. The highest BCUT2D eigenvalue weighted by atomic mass is 16.5. The van der Waals surface area contributed by atoms with Gasteiger partial charge in [0.25, 0.3) is 0 Å². The Kier molecular flexibility index (Phi) is 6.31. The van der Waals surface area contributed by atoms with Crippen LogP contribution in [0.3, 0.4) is 0 Å². The molecule has 0 radical (unpaired) electrons. The fourth-order valence-corrected chi connectivity index (χ4v) is 4.99. The van der Waals surface area contributed by atoms with E-state index >= 15 is 0 Å². The van der Waals surface area contributed by atoms with Crippen LogP contribution in [-0.2, 0) is 0 Å². The minimum Gasteiger partial charge on any atom is -0.497 e. The number of hydrogen-bond acceptors (Lipinski definition) is 4. The molecule has 4 heteroatoms. The molecule has 2 atom stereocenters. The zero-order chi connectivity index (χ0) is 21.8. The summed E-state index contributed by atoms with van der Waals surface area (Å²) in [6.45, 7) is 4.80. The SMILES string of the molecule is COc1ccc2c(c1)OC[C@@H](c1ccccc1)[C@H]2c1ccc(OCCN2CCCC2)cc1. The highest BCUT2D eigenvalue weighted by Gasteiger charge is 2.33. The lowest BCUT2D eigenvalue weighted by Gasteiger charge is -2.34. The van der Waals surface area contributed by atoms with E-state index in [1.807, 2.05) is 12.1 Å². The Morgan fingerprint density at radius 1 is 0.875 bits per heavy atom. The van der Waals surface area contributed by atoms with E-state index in [2.05, 4.69) is 65.6 Å². The molecule has 32 heavy (non-hydrogen) atoms. The van der Waals surface area contributed by atoms with Crippen molar-refractivity contribution in [3.63, 3.8) is 0 Å². The topological polar surface area (TPSA) is 30.9 Å². The summed E-state index contributed by atoms with van der Waals surface area (Å²) in [5, 5.41) is 0. The predicted octanol–water partition coefficient (Wildman–Crippen LogP) is 5.48. The Morgan fingerprint density at radius 3 is 2.38 bits per heavy atom. The molecule has 4 nitrogen and oxygen atoms in total. The van der Waals surface area contributed by atoms with Crippen LogP contribution in [-0.4, -0.2) is 44.9 Å². The molecule has 0 amide bonds. The number of likely N-dealkylation sites (tertiary alicyclic amines) is 1. The molecule has 2 aliphatic rings. The van der Waals surface area contributed by atoms with Crippen LogP contribution in [0.4, 0.5) is 0 Å². The van der Waals surface area contributed by atoms with Gasteiger partial charge in [0.05, 0.1) is 13.7 Å². The van der Waals surface area contributed by atoms with Crippen molar-refractivity contribution in [1.82, 2.24) is 4.90 Å². The van der Waals surface area contributed by atoms with Gasteiger partial charge in [-0.1, -0.05) is 48.5 Å². The average Bonchev–Trinajstić information content (AvgIpc) is 3.37. The van der Waals surface area contributed by atoms with Crippen molar-refractivity contribution in [2.75, 3.05) is 40.0 Å². The van der Waals surface area contributed by atoms with Gasteiger partial charge in [-0.15, -0.1) is 0 Å². The van der Waals surface area contributed by atoms with Gasteiger partial charge in [-0.3, -0.25) is 4.90 Å². The van der Waals surface area contributed by atoms with Gasteiger partial charge >= 0.3 is 0 Å². The number of nitrogens with zero attached hydrogens (tertiary/aromatic N) is 1. The normalized spacial score (nSPS) is 20.4. The maximum absolute atomic E-state index is 6.20. The van der Waals surface area contributed by atoms with Crippen LogP contribution in [0.5, 0.6) is 17.2 Å². The van der Waals surface area contributed by atoms with E-state index in [9.17, 15) is 0 Å². The Labute approximate surface area is 190 Å². The average molecular weight is 430 g/mol. The van der Waals surface area contributed by atoms with E-state index in [-0.39, 0.29) is 11.8 Å². The van der Waals surface area contributed by atoms with E-state index in [1.165, 1.54) is 42.6 Å². The van der Waals surface area contributed by atoms with Gasteiger partial charge in [0, 0.05) is 30.0 Å². The minimum atomic E-state index is 0.214. The monoisotopic (exact) mass is 429 g/mol. The molecule has 1 saturated heterocycles. The lowest BCUT2D eigenvalue weighted by molar-refractivity contribution is 0.237. The maximum Gasteiger partial charge on any atom is 0.126 e. The summed E-state index contributed by atoms with van der Waals surface area (Å²) in [5.74, 6) is 3.13. The van der Waals surface area contributed by atoms with E-state index in [4.69, 9.17) is 14.2 Å². The maximum atomic E-state index is 6.20. The Morgan fingerprint density at radius 2 is 1.62 bits per heavy atom. The van der Waals surface area contributed by atoms with Crippen LogP contribution in [0.1, 0.15) is 41.4 Å². The van der Waals surface area contributed by atoms with Crippen molar-refractivity contribution in [3.05, 3.63) is 89.5 Å². The largest absolute Gasteiger partial charge is 0.497 e. The molecule has 0 aromatic heterocycles. The summed E-state index contributed by atoms with van der Waals surface area (Å²) in [6, 6.07) is 25.5. The van der Waals surface area contributed by atoms with Crippen LogP contribution in [0.2, 0.25) is 0 Å². The first-order valence-corrected chi connectivity index (χ1v) is 11.6. The van der Waals surface area contributed by atoms with Gasteiger partial charge in [0.2, 0.25) is 0 Å². The second kappa shape index (κ2) is 9.66. The molecule has 166 valence electrons. The zero-order valence-corrected chi connectivity index (χ0v) is 18.7. The fourth-order valence-electron chi connectivity index (χ4n) is 4.99. The lowest BCUT2D eigenvalue weighted by atomic mass is 9.76. The summed E-state index contributed by atoms with van der Waals surface area (Å²) in [5.41, 5.74) is 3.78. The number of fused-ring (bicyclic) bond motifs is 1. The Hall–Kier alpha value is -2.98. The molecule has 5 rings (SSSR count).